The quantitative estimate of drug-likeness (QED) is 0.867. The lowest BCUT2D eigenvalue weighted by Gasteiger charge is -2.34. The zero-order chi connectivity index (χ0) is 14.5. The summed E-state index contributed by atoms with van der Waals surface area (Å²) in [7, 11) is 0. The zero-order valence-electron chi connectivity index (χ0n) is 13.0. The van der Waals surface area contributed by atoms with Gasteiger partial charge in [-0.1, -0.05) is 63.9 Å². The van der Waals surface area contributed by atoms with Crippen molar-refractivity contribution in [3.8, 4) is 0 Å². The van der Waals surface area contributed by atoms with Crippen LogP contribution in [-0.4, -0.2) is 17.3 Å². The lowest BCUT2D eigenvalue weighted by atomic mass is 9.88. The fourth-order valence-corrected chi connectivity index (χ4v) is 3.16. The Balaban J connectivity index is 2.03. The van der Waals surface area contributed by atoms with Gasteiger partial charge in [-0.25, -0.2) is 0 Å². The summed E-state index contributed by atoms with van der Waals surface area (Å²) in [4.78, 5) is 0. The summed E-state index contributed by atoms with van der Waals surface area (Å²) in [5.41, 5.74) is 0.954. The highest BCUT2D eigenvalue weighted by Crippen LogP contribution is 2.31. The second-order valence-electron chi connectivity index (χ2n) is 6.59. The van der Waals surface area contributed by atoms with Gasteiger partial charge in [0.05, 0.1) is 12.2 Å². The first-order valence-corrected chi connectivity index (χ1v) is 7.96. The molecule has 0 radical (unpaired) electrons. The summed E-state index contributed by atoms with van der Waals surface area (Å²) >= 11 is 0. The molecule has 0 spiro atoms. The number of hydrogen-bond donors (Lipinski definition) is 1. The Bertz CT molecular complexity index is 388. The van der Waals surface area contributed by atoms with Crippen molar-refractivity contribution in [2.75, 3.05) is 0 Å². The van der Waals surface area contributed by atoms with E-state index in [9.17, 15) is 5.11 Å². The van der Waals surface area contributed by atoms with Gasteiger partial charge in [-0.3, -0.25) is 0 Å². The van der Waals surface area contributed by atoms with Crippen molar-refractivity contribution in [2.45, 2.75) is 64.8 Å². The molecule has 0 bridgehead atoms. The molecule has 1 aliphatic carbocycles. The van der Waals surface area contributed by atoms with Crippen LogP contribution >= 0.6 is 0 Å². The second kappa shape index (κ2) is 7.24. The lowest BCUT2D eigenvalue weighted by molar-refractivity contribution is -0.113. The normalized spacial score (nSPS) is 26.4. The standard InChI is InChI=1S/C18H28O2/c1-13(2)18(17(19)15-9-5-4-6-10-15)20-16-11-7-8-14(3)12-16/h4-6,9-10,13-14,16-19H,7-8,11-12H2,1-3H3. The van der Waals surface area contributed by atoms with Gasteiger partial charge in [-0.05, 0) is 30.2 Å². The van der Waals surface area contributed by atoms with Crippen molar-refractivity contribution in [1.29, 1.82) is 0 Å². The van der Waals surface area contributed by atoms with Gasteiger partial charge >= 0.3 is 0 Å². The second-order valence-corrected chi connectivity index (χ2v) is 6.59. The van der Waals surface area contributed by atoms with Crippen LogP contribution in [0, 0.1) is 11.8 Å². The van der Waals surface area contributed by atoms with E-state index in [1.807, 2.05) is 30.3 Å². The van der Waals surface area contributed by atoms with E-state index in [0.717, 1.165) is 24.3 Å². The van der Waals surface area contributed by atoms with Crippen LogP contribution in [0.3, 0.4) is 0 Å². The van der Waals surface area contributed by atoms with Crippen molar-refractivity contribution in [3.05, 3.63) is 35.9 Å². The third-order valence-corrected chi connectivity index (χ3v) is 4.35. The molecule has 2 heteroatoms. The van der Waals surface area contributed by atoms with E-state index in [-0.39, 0.29) is 6.10 Å². The number of hydrogen-bond acceptors (Lipinski definition) is 2. The topological polar surface area (TPSA) is 29.5 Å². The fourth-order valence-electron chi connectivity index (χ4n) is 3.16. The summed E-state index contributed by atoms with van der Waals surface area (Å²) in [5, 5.41) is 10.6. The number of ether oxygens (including phenoxy) is 1. The van der Waals surface area contributed by atoms with Gasteiger partial charge in [0.25, 0.3) is 0 Å². The van der Waals surface area contributed by atoms with Gasteiger partial charge < -0.3 is 9.84 Å². The molecular weight excluding hydrogens is 248 g/mol. The summed E-state index contributed by atoms with van der Waals surface area (Å²) in [6.07, 6.45) is 4.48. The van der Waals surface area contributed by atoms with Crippen LogP contribution in [0.1, 0.15) is 58.1 Å². The maximum atomic E-state index is 10.6. The SMILES string of the molecule is CC1CCCC(OC(C(C)C)C(O)c2ccccc2)C1. The van der Waals surface area contributed by atoms with Crippen LogP contribution in [0.25, 0.3) is 0 Å². The Morgan fingerprint density at radius 3 is 2.45 bits per heavy atom. The first-order chi connectivity index (χ1) is 9.58. The minimum atomic E-state index is -0.534. The summed E-state index contributed by atoms with van der Waals surface area (Å²) in [5.74, 6) is 1.05. The molecule has 1 aliphatic rings. The average molecular weight is 276 g/mol. The van der Waals surface area contributed by atoms with E-state index in [2.05, 4.69) is 20.8 Å². The first-order valence-electron chi connectivity index (χ1n) is 7.96. The molecule has 0 amide bonds. The highest BCUT2D eigenvalue weighted by molar-refractivity contribution is 5.18. The van der Waals surface area contributed by atoms with Crippen LogP contribution in [-0.2, 0) is 4.74 Å². The van der Waals surface area contributed by atoms with E-state index in [0.29, 0.717) is 12.0 Å². The minimum Gasteiger partial charge on any atom is -0.386 e. The van der Waals surface area contributed by atoms with E-state index in [1.54, 1.807) is 0 Å². The number of benzene rings is 1. The third-order valence-electron chi connectivity index (χ3n) is 4.35. The fraction of sp³-hybridized carbons (Fsp3) is 0.667. The van der Waals surface area contributed by atoms with Gasteiger partial charge in [-0.2, -0.15) is 0 Å². The first kappa shape index (κ1) is 15.5. The molecule has 0 aliphatic heterocycles. The highest BCUT2D eigenvalue weighted by atomic mass is 16.5. The minimum absolute atomic E-state index is 0.118. The van der Waals surface area contributed by atoms with Crippen LogP contribution in [0.2, 0.25) is 0 Å². The molecule has 0 saturated heterocycles. The molecule has 1 aromatic carbocycles. The Morgan fingerprint density at radius 1 is 1.15 bits per heavy atom. The van der Waals surface area contributed by atoms with E-state index >= 15 is 0 Å². The van der Waals surface area contributed by atoms with Gasteiger partial charge in [0.1, 0.15) is 6.10 Å². The van der Waals surface area contributed by atoms with Crippen molar-refractivity contribution in [1.82, 2.24) is 0 Å². The number of aliphatic hydroxyl groups excluding tert-OH is 1. The van der Waals surface area contributed by atoms with Crippen molar-refractivity contribution in [2.24, 2.45) is 11.8 Å². The van der Waals surface area contributed by atoms with Crippen LogP contribution in [0.5, 0.6) is 0 Å². The maximum absolute atomic E-state index is 10.6. The van der Waals surface area contributed by atoms with Crippen LogP contribution in [0.4, 0.5) is 0 Å². The number of aliphatic hydroxyl groups is 1. The smallest absolute Gasteiger partial charge is 0.105 e. The zero-order valence-corrected chi connectivity index (χ0v) is 13.0. The van der Waals surface area contributed by atoms with Crippen molar-refractivity contribution in [3.63, 3.8) is 0 Å². The molecule has 4 unspecified atom stereocenters. The molecule has 0 heterocycles. The van der Waals surface area contributed by atoms with E-state index in [1.165, 1.54) is 12.8 Å². The molecule has 1 N–H and O–H groups in total. The molecule has 1 saturated carbocycles. The van der Waals surface area contributed by atoms with Gasteiger partial charge in [0.15, 0.2) is 0 Å². The molecule has 2 nitrogen and oxygen atoms in total. The van der Waals surface area contributed by atoms with Gasteiger partial charge in [0.2, 0.25) is 0 Å². The molecule has 20 heavy (non-hydrogen) atoms. The van der Waals surface area contributed by atoms with Gasteiger partial charge in [0, 0.05) is 0 Å². The highest BCUT2D eigenvalue weighted by Gasteiger charge is 2.29. The molecule has 2 rings (SSSR count). The summed E-state index contributed by atoms with van der Waals surface area (Å²) in [6, 6.07) is 9.88. The molecule has 0 aromatic heterocycles. The Kier molecular flexibility index (Phi) is 5.62. The molecule has 1 fully saturated rings. The van der Waals surface area contributed by atoms with E-state index < -0.39 is 6.10 Å². The number of rotatable bonds is 5. The van der Waals surface area contributed by atoms with Crippen LogP contribution in [0.15, 0.2) is 30.3 Å². The van der Waals surface area contributed by atoms with E-state index in [4.69, 9.17) is 4.74 Å². The molecule has 1 aromatic rings. The monoisotopic (exact) mass is 276 g/mol. The molecule has 4 atom stereocenters. The van der Waals surface area contributed by atoms with Gasteiger partial charge in [-0.15, -0.1) is 0 Å². The summed E-state index contributed by atoms with van der Waals surface area (Å²) in [6.45, 7) is 6.56. The third kappa shape index (κ3) is 4.07. The summed E-state index contributed by atoms with van der Waals surface area (Å²) < 4.78 is 6.29. The predicted octanol–water partition coefficient (Wildman–Crippen LogP) is 4.34. The Labute approximate surface area is 123 Å². The predicted molar refractivity (Wildman–Crippen MR) is 82.5 cm³/mol. The molecular formula is C18H28O2. The van der Waals surface area contributed by atoms with Crippen LogP contribution < -0.4 is 0 Å². The van der Waals surface area contributed by atoms with Crippen molar-refractivity contribution >= 4 is 0 Å². The average Bonchev–Trinajstić information content (AvgIpc) is 2.45. The maximum Gasteiger partial charge on any atom is 0.105 e. The Hall–Kier alpha value is -0.860. The molecule has 112 valence electrons. The largest absolute Gasteiger partial charge is 0.386 e. The van der Waals surface area contributed by atoms with Crippen molar-refractivity contribution < 1.29 is 9.84 Å². The Morgan fingerprint density at radius 2 is 1.85 bits per heavy atom. The lowest BCUT2D eigenvalue weighted by Crippen LogP contribution is -2.34.